The molecule has 6 nitrogen and oxygen atoms in total. The zero-order chi connectivity index (χ0) is 22.9. The van der Waals surface area contributed by atoms with Gasteiger partial charge < -0.3 is 10.1 Å². The van der Waals surface area contributed by atoms with E-state index in [-0.39, 0.29) is 6.42 Å². The van der Waals surface area contributed by atoms with Gasteiger partial charge in [-0.2, -0.15) is 5.10 Å². The first-order valence-electron chi connectivity index (χ1n) is 10.5. The lowest BCUT2D eigenvalue weighted by Gasteiger charge is -2.11. The van der Waals surface area contributed by atoms with Crippen molar-refractivity contribution in [1.82, 2.24) is 5.43 Å². The van der Waals surface area contributed by atoms with E-state index >= 15 is 0 Å². The smallest absolute Gasteiger partial charge is 0.249 e. The van der Waals surface area contributed by atoms with Crippen LogP contribution in [0.4, 0.5) is 5.69 Å². The van der Waals surface area contributed by atoms with Gasteiger partial charge in [-0.25, -0.2) is 5.43 Å². The molecule has 0 fully saturated rings. The molecular formula is C25H26ClN3O3. The number of carbonyl (C=O) groups is 2. The average molecular weight is 452 g/mol. The SMILES string of the molecule is CCCCOc1ccc2ccccc2c1C=NNC(=O)CC(=O)Nc1ccc(C)c(Cl)c1. The number of benzene rings is 3. The molecule has 32 heavy (non-hydrogen) atoms. The second kappa shape index (κ2) is 11.3. The summed E-state index contributed by atoms with van der Waals surface area (Å²) in [7, 11) is 0. The van der Waals surface area contributed by atoms with E-state index in [9.17, 15) is 9.59 Å². The van der Waals surface area contributed by atoms with E-state index in [2.05, 4.69) is 22.8 Å². The Morgan fingerprint density at radius 1 is 1.09 bits per heavy atom. The van der Waals surface area contributed by atoms with Gasteiger partial charge in [0.15, 0.2) is 0 Å². The number of hydrogen-bond acceptors (Lipinski definition) is 4. The molecule has 0 spiro atoms. The highest BCUT2D eigenvalue weighted by Crippen LogP contribution is 2.27. The topological polar surface area (TPSA) is 79.8 Å². The van der Waals surface area contributed by atoms with E-state index in [0.29, 0.717) is 23.1 Å². The van der Waals surface area contributed by atoms with Gasteiger partial charge in [-0.05, 0) is 47.9 Å². The lowest BCUT2D eigenvalue weighted by molar-refractivity contribution is -0.126. The number of hydrogen-bond donors (Lipinski definition) is 2. The molecule has 0 aliphatic rings. The van der Waals surface area contributed by atoms with Gasteiger partial charge in [-0.15, -0.1) is 0 Å². The molecule has 3 aromatic rings. The third-order valence-corrected chi connectivity index (χ3v) is 5.25. The Morgan fingerprint density at radius 2 is 1.91 bits per heavy atom. The molecule has 0 radical (unpaired) electrons. The van der Waals surface area contributed by atoms with E-state index in [1.54, 1.807) is 24.4 Å². The van der Waals surface area contributed by atoms with Crippen LogP contribution in [0, 0.1) is 6.92 Å². The van der Waals surface area contributed by atoms with Crippen molar-refractivity contribution in [1.29, 1.82) is 0 Å². The first kappa shape index (κ1) is 23.3. The third-order valence-electron chi connectivity index (χ3n) is 4.85. The number of hydrazone groups is 1. The molecular weight excluding hydrogens is 426 g/mol. The first-order chi connectivity index (χ1) is 15.5. The van der Waals surface area contributed by atoms with Gasteiger partial charge in [0.25, 0.3) is 0 Å². The molecule has 0 atom stereocenters. The minimum atomic E-state index is -0.523. The van der Waals surface area contributed by atoms with Gasteiger partial charge in [0, 0.05) is 16.3 Å². The minimum absolute atomic E-state index is 0.363. The molecule has 7 heteroatoms. The number of nitrogens with zero attached hydrogens (tertiary/aromatic N) is 1. The first-order valence-corrected chi connectivity index (χ1v) is 10.9. The van der Waals surface area contributed by atoms with Gasteiger partial charge in [0.2, 0.25) is 11.8 Å². The number of aryl methyl sites for hydroxylation is 1. The number of fused-ring (bicyclic) bond motifs is 1. The van der Waals surface area contributed by atoms with Crippen molar-refractivity contribution in [3.8, 4) is 5.75 Å². The summed E-state index contributed by atoms with van der Waals surface area (Å²) in [4.78, 5) is 24.3. The van der Waals surface area contributed by atoms with Gasteiger partial charge in [-0.1, -0.05) is 61.3 Å². The largest absolute Gasteiger partial charge is 0.493 e. The maximum Gasteiger partial charge on any atom is 0.249 e. The maximum atomic E-state index is 12.2. The number of ether oxygens (including phenoxy) is 1. The molecule has 0 bridgehead atoms. The molecule has 0 heterocycles. The number of carbonyl (C=O) groups excluding carboxylic acids is 2. The monoisotopic (exact) mass is 451 g/mol. The number of unbranched alkanes of at least 4 members (excludes halogenated alkanes) is 1. The molecule has 0 aliphatic carbocycles. The molecule has 3 aromatic carbocycles. The Labute approximate surface area is 192 Å². The van der Waals surface area contributed by atoms with Crippen LogP contribution in [0.1, 0.15) is 37.3 Å². The second-order valence-corrected chi connectivity index (χ2v) is 7.79. The fourth-order valence-electron chi connectivity index (χ4n) is 3.09. The average Bonchev–Trinajstić information content (AvgIpc) is 2.77. The van der Waals surface area contributed by atoms with Crippen LogP contribution in [0.2, 0.25) is 5.02 Å². The third kappa shape index (κ3) is 6.31. The van der Waals surface area contributed by atoms with Crippen molar-refractivity contribution in [2.24, 2.45) is 5.10 Å². The van der Waals surface area contributed by atoms with Crippen molar-refractivity contribution < 1.29 is 14.3 Å². The van der Waals surface area contributed by atoms with E-state index in [1.165, 1.54) is 0 Å². The maximum absolute atomic E-state index is 12.2. The van der Waals surface area contributed by atoms with E-state index in [1.807, 2.05) is 43.3 Å². The van der Waals surface area contributed by atoms with Crippen molar-refractivity contribution in [3.05, 3.63) is 70.7 Å². The number of rotatable bonds is 9. The lowest BCUT2D eigenvalue weighted by Crippen LogP contribution is -2.24. The summed E-state index contributed by atoms with van der Waals surface area (Å²) < 4.78 is 5.91. The summed E-state index contributed by atoms with van der Waals surface area (Å²) in [5, 5.41) is 9.27. The minimum Gasteiger partial charge on any atom is -0.493 e. The normalized spacial score (nSPS) is 11.0. The van der Waals surface area contributed by atoms with Crippen LogP contribution in [-0.2, 0) is 9.59 Å². The highest BCUT2D eigenvalue weighted by Gasteiger charge is 2.11. The Morgan fingerprint density at radius 3 is 2.69 bits per heavy atom. The molecule has 0 unspecified atom stereocenters. The van der Waals surface area contributed by atoms with Crippen LogP contribution < -0.4 is 15.5 Å². The molecule has 0 saturated heterocycles. The van der Waals surface area contributed by atoms with Crippen LogP contribution in [0.5, 0.6) is 5.75 Å². The van der Waals surface area contributed by atoms with E-state index in [4.69, 9.17) is 16.3 Å². The number of nitrogens with one attached hydrogen (secondary N) is 2. The van der Waals surface area contributed by atoms with E-state index < -0.39 is 11.8 Å². The zero-order valence-electron chi connectivity index (χ0n) is 18.2. The molecule has 3 rings (SSSR count). The fraction of sp³-hybridized carbons (Fsp3) is 0.240. The summed E-state index contributed by atoms with van der Waals surface area (Å²) in [6.45, 7) is 4.58. The molecule has 166 valence electrons. The van der Waals surface area contributed by atoms with Crippen LogP contribution >= 0.6 is 11.6 Å². The van der Waals surface area contributed by atoms with Crippen molar-refractivity contribution in [2.75, 3.05) is 11.9 Å². The van der Waals surface area contributed by atoms with Crippen molar-refractivity contribution in [2.45, 2.75) is 33.1 Å². The molecule has 2 N–H and O–H groups in total. The van der Waals surface area contributed by atoms with Crippen LogP contribution in [0.25, 0.3) is 10.8 Å². The molecule has 0 aromatic heterocycles. The second-order valence-electron chi connectivity index (χ2n) is 7.38. The summed E-state index contributed by atoms with van der Waals surface area (Å²) in [6.07, 6.45) is 3.17. The fourth-order valence-corrected chi connectivity index (χ4v) is 3.27. The van der Waals surface area contributed by atoms with Gasteiger partial charge in [0.1, 0.15) is 12.2 Å². The van der Waals surface area contributed by atoms with Crippen LogP contribution in [0.3, 0.4) is 0 Å². The molecule has 0 aliphatic heterocycles. The number of halogens is 1. The lowest BCUT2D eigenvalue weighted by atomic mass is 10.0. The summed E-state index contributed by atoms with van der Waals surface area (Å²) >= 11 is 6.06. The summed E-state index contributed by atoms with van der Waals surface area (Å²) in [5.74, 6) is -0.277. The predicted octanol–water partition coefficient (Wildman–Crippen LogP) is 5.46. The quantitative estimate of drug-likeness (QED) is 0.196. The Hall–Kier alpha value is -3.38. The Kier molecular flexibility index (Phi) is 8.22. The molecule has 2 amide bonds. The highest BCUT2D eigenvalue weighted by atomic mass is 35.5. The standard InChI is InChI=1S/C25H26ClN3O3/c1-3-4-13-32-23-12-10-18-7-5-6-8-20(18)21(23)16-27-29-25(31)15-24(30)28-19-11-9-17(2)22(26)14-19/h5-12,14,16H,3-4,13,15H2,1-2H3,(H,28,30)(H,29,31). The van der Waals surface area contributed by atoms with Crippen molar-refractivity contribution >= 4 is 46.1 Å². The molecule has 0 saturated carbocycles. The van der Waals surface area contributed by atoms with Crippen LogP contribution in [0.15, 0.2) is 59.7 Å². The number of anilines is 1. The number of amides is 2. The summed E-state index contributed by atoms with van der Waals surface area (Å²) in [5.41, 5.74) is 4.63. The van der Waals surface area contributed by atoms with Gasteiger partial charge in [-0.3, -0.25) is 9.59 Å². The van der Waals surface area contributed by atoms with Gasteiger partial charge >= 0.3 is 0 Å². The Balaban J connectivity index is 1.65. The van der Waals surface area contributed by atoms with E-state index in [0.717, 1.165) is 34.7 Å². The van der Waals surface area contributed by atoms with Gasteiger partial charge in [0.05, 0.1) is 12.8 Å². The van der Waals surface area contributed by atoms with Crippen LogP contribution in [-0.4, -0.2) is 24.6 Å². The highest BCUT2D eigenvalue weighted by molar-refractivity contribution is 6.31. The zero-order valence-corrected chi connectivity index (χ0v) is 18.9. The predicted molar refractivity (Wildman–Crippen MR) is 130 cm³/mol. The Bertz CT molecular complexity index is 1140. The summed E-state index contributed by atoms with van der Waals surface area (Å²) in [6, 6.07) is 17.0. The van der Waals surface area contributed by atoms with Crippen molar-refractivity contribution in [3.63, 3.8) is 0 Å².